The summed E-state index contributed by atoms with van der Waals surface area (Å²) in [4.78, 5) is 27.9. The van der Waals surface area contributed by atoms with E-state index in [0.29, 0.717) is 12.6 Å². The van der Waals surface area contributed by atoms with Gasteiger partial charge in [0.2, 0.25) is 11.8 Å². The van der Waals surface area contributed by atoms with E-state index in [1.807, 2.05) is 4.90 Å². The third-order valence-electron chi connectivity index (χ3n) is 4.26. The highest BCUT2D eigenvalue weighted by atomic mass is 16.2. The molecule has 3 fully saturated rings. The monoisotopic (exact) mass is 236 g/mol. The van der Waals surface area contributed by atoms with Crippen LogP contribution >= 0.6 is 0 Å². The first-order valence-corrected chi connectivity index (χ1v) is 6.84. The normalized spacial score (nSPS) is 26.7. The van der Waals surface area contributed by atoms with E-state index in [2.05, 4.69) is 0 Å². The lowest BCUT2D eigenvalue weighted by Gasteiger charge is -2.35. The molecule has 0 N–H and O–H groups in total. The van der Waals surface area contributed by atoms with Crippen molar-refractivity contribution in [3.05, 3.63) is 0 Å². The standard InChI is InChI=1S/C13H20N2O2/c16-12-9-14(7-8-15(12)11-5-6-11)13(17)10-3-1-2-4-10/h10-11H,1-9H2. The molecule has 2 amide bonds. The van der Waals surface area contributed by atoms with Crippen molar-refractivity contribution in [2.45, 2.75) is 44.6 Å². The first kappa shape index (κ1) is 11.1. The van der Waals surface area contributed by atoms with Gasteiger partial charge in [0, 0.05) is 25.0 Å². The Labute approximate surface area is 102 Å². The molecule has 1 saturated heterocycles. The van der Waals surface area contributed by atoms with Gasteiger partial charge in [0.1, 0.15) is 0 Å². The van der Waals surface area contributed by atoms with Crippen molar-refractivity contribution < 1.29 is 9.59 Å². The molecule has 4 nitrogen and oxygen atoms in total. The molecule has 0 aromatic carbocycles. The van der Waals surface area contributed by atoms with Crippen LogP contribution in [0, 0.1) is 5.92 Å². The van der Waals surface area contributed by atoms with Crippen LogP contribution in [-0.4, -0.2) is 47.3 Å². The number of piperazine rings is 1. The highest BCUT2D eigenvalue weighted by Gasteiger charge is 2.38. The molecular formula is C13H20N2O2. The number of rotatable bonds is 2. The van der Waals surface area contributed by atoms with Crippen LogP contribution in [0.1, 0.15) is 38.5 Å². The lowest BCUT2D eigenvalue weighted by atomic mass is 10.1. The molecule has 0 spiro atoms. The van der Waals surface area contributed by atoms with E-state index in [-0.39, 0.29) is 17.7 Å². The zero-order valence-corrected chi connectivity index (χ0v) is 10.2. The van der Waals surface area contributed by atoms with E-state index in [1.54, 1.807) is 4.90 Å². The first-order chi connectivity index (χ1) is 8.25. The van der Waals surface area contributed by atoms with Crippen molar-refractivity contribution in [1.82, 2.24) is 9.80 Å². The van der Waals surface area contributed by atoms with E-state index in [4.69, 9.17) is 0 Å². The van der Waals surface area contributed by atoms with Crippen molar-refractivity contribution in [3.8, 4) is 0 Å². The van der Waals surface area contributed by atoms with Crippen molar-refractivity contribution in [3.63, 3.8) is 0 Å². The Morgan fingerprint density at radius 2 is 1.76 bits per heavy atom. The van der Waals surface area contributed by atoms with Gasteiger partial charge in [0.15, 0.2) is 0 Å². The smallest absolute Gasteiger partial charge is 0.242 e. The minimum absolute atomic E-state index is 0.157. The van der Waals surface area contributed by atoms with Gasteiger partial charge in [0.05, 0.1) is 6.54 Å². The van der Waals surface area contributed by atoms with Crippen molar-refractivity contribution in [2.24, 2.45) is 5.92 Å². The molecule has 0 atom stereocenters. The number of nitrogens with zero attached hydrogens (tertiary/aromatic N) is 2. The van der Waals surface area contributed by atoms with Gasteiger partial charge in [-0.3, -0.25) is 9.59 Å². The fraction of sp³-hybridized carbons (Fsp3) is 0.846. The van der Waals surface area contributed by atoms with Crippen molar-refractivity contribution in [2.75, 3.05) is 19.6 Å². The Morgan fingerprint density at radius 3 is 2.35 bits per heavy atom. The largest absolute Gasteiger partial charge is 0.336 e. The van der Waals surface area contributed by atoms with E-state index >= 15 is 0 Å². The zero-order valence-electron chi connectivity index (χ0n) is 10.2. The maximum atomic E-state index is 12.2. The molecule has 3 aliphatic rings. The van der Waals surface area contributed by atoms with Crippen LogP contribution in [0.3, 0.4) is 0 Å². The number of amides is 2. The Hall–Kier alpha value is -1.06. The summed E-state index contributed by atoms with van der Waals surface area (Å²) >= 11 is 0. The van der Waals surface area contributed by atoms with Gasteiger partial charge in [-0.2, -0.15) is 0 Å². The molecule has 0 aromatic rings. The molecule has 0 bridgehead atoms. The minimum Gasteiger partial charge on any atom is -0.336 e. The average Bonchev–Trinajstić information content (AvgIpc) is 3.02. The Balaban J connectivity index is 1.58. The van der Waals surface area contributed by atoms with Crippen LogP contribution in [0.2, 0.25) is 0 Å². The van der Waals surface area contributed by atoms with Gasteiger partial charge in [-0.15, -0.1) is 0 Å². The molecule has 2 aliphatic carbocycles. The molecule has 3 rings (SSSR count). The van der Waals surface area contributed by atoms with E-state index in [1.165, 1.54) is 12.8 Å². The highest BCUT2D eigenvalue weighted by molar-refractivity contribution is 5.87. The molecule has 0 radical (unpaired) electrons. The van der Waals surface area contributed by atoms with Crippen molar-refractivity contribution in [1.29, 1.82) is 0 Å². The second-order valence-electron chi connectivity index (χ2n) is 5.56. The lowest BCUT2D eigenvalue weighted by Crippen LogP contribution is -2.53. The topological polar surface area (TPSA) is 40.6 Å². The summed E-state index contributed by atoms with van der Waals surface area (Å²) in [5.41, 5.74) is 0. The summed E-state index contributed by atoms with van der Waals surface area (Å²) in [7, 11) is 0. The maximum Gasteiger partial charge on any atom is 0.242 e. The summed E-state index contributed by atoms with van der Waals surface area (Å²) in [6.07, 6.45) is 6.70. The third kappa shape index (κ3) is 2.17. The second-order valence-corrected chi connectivity index (χ2v) is 5.56. The quantitative estimate of drug-likeness (QED) is 0.718. The summed E-state index contributed by atoms with van der Waals surface area (Å²) in [6.45, 7) is 1.82. The second kappa shape index (κ2) is 4.31. The van der Waals surface area contributed by atoms with Crippen LogP contribution in [0.25, 0.3) is 0 Å². The van der Waals surface area contributed by atoms with Gasteiger partial charge in [-0.25, -0.2) is 0 Å². The zero-order chi connectivity index (χ0) is 11.8. The molecular weight excluding hydrogens is 216 g/mol. The fourth-order valence-corrected chi connectivity index (χ4v) is 3.08. The predicted molar refractivity (Wildman–Crippen MR) is 63.3 cm³/mol. The molecule has 17 heavy (non-hydrogen) atoms. The number of hydrogen-bond acceptors (Lipinski definition) is 2. The fourth-order valence-electron chi connectivity index (χ4n) is 3.08. The highest BCUT2D eigenvalue weighted by Crippen LogP contribution is 2.30. The van der Waals surface area contributed by atoms with E-state index in [9.17, 15) is 9.59 Å². The Morgan fingerprint density at radius 1 is 1.06 bits per heavy atom. The van der Waals surface area contributed by atoms with E-state index in [0.717, 1.165) is 38.8 Å². The first-order valence-electron chi connectivity index (χ1n) is 6.84. The molecule has 4 heteroatoms. The Bertz CT molecular complexity index is 332. The molecule has 0 unspecified atom stereocenters. The van der Waals surface area contributed by atoms with Crippen molar-refractivity contribution >= 4 is 11.8 Å². The molecule has 0 aromatic heterocycles. The predicted octanol–water partition coefficient (Wildman–Crippen LogP) is 1.01. The number of hydrogen-bond donors (Lipinski definition) is 0. The summed E-state index contributed by atoms with van der Waals surface area (Å²) < 4.78 is 0. The molecule has 94 valence electrons. The summed E-state index contributed by atoms with van der Waals surface area (Å²) in [5, 5.41) is 0. The average molecular weight is 236 g/mol. The number of carbonyl (C=O) groups is 2. The van der Waals surface area contributed by atoms with Gasteiger partial charge in [0.25, 0.3) is 0 Å². The maximum absolute atomic E-state index is 12.2. The lowest BCUT2D eigenvalue weighted by molar-refractivity contribution is -0.147. The third-order valence-corrected chi connectivity index (χ3v) is 4.26. The van der Waals surface area contributed by atoms with Crippen LogP contribution in [0.4, 0.5) is 0 Å². The molecule has 1 heterocycles. The SMILES string of the molecule is O=C(C1CCCC1)N1CCN(C2CC2)C(=O)C1. The summed E-state index contributed by atoms with van der Waals surface area (Å²) in [5.74, 6) is 0.590. The molecule has 1 aliphatic heterocycles. The van der Waals surface area contributed by atoms with Crippen LogP contribution in [0.15, 0.2) is 0 Å². The minimum atomic E-state index is 0.157. The molecule has 2 saturated carbocycles. The van der Waals surface area contributed by atoms with Crippen LogP contribution < -0.4 is 0 Å². The van der Waals surface area contributed by atoms with Gasteiger partial charge in [-0.1, -0.05) is 12.8 Å². The van der Waals surface area contributed by atoms with Crippen LogP contribution in [0.5, 0.6) is 0 Å². The van der Waals surface area contributed by atoms with E-state index < -0.39 is 0 Å². The van der Waals surface area contributed by atoms with Crippen LogP contribution in [-0.2, 0) is 9.59 Å². The van der Waals surface area contributed by atoms with Gasteiger partial charge < -0.3 is 9.80 Å². The summed E-state index contributed by atoms with van der Waals surface area (Å²) in [6, 6.07) is 0.492. The van der Waals surface area contributed by atoms with Gasteiger partial charge in [-0.05, 0) is 25.7 Å². The van der Waals surface area contributed by atoms with Gasteiger partial charge >= 0.3 is 0 Å². The Kier molecular flexibility index (Phi) is 2.81. The number of carbonyl (C=O) groups excluding carboxylic acids is 2.